The number of nitrogens with one attached hydrogen (secondary N) is 1. The van der Waals surface area contributed by atoms with Crippen molar-refractivity contribution in [2.45, 2.75) is 19.6 Å². The fourth-order valence-corrected chi connectivity index (χ4v) is 4.06. The van der Waals surface area contributed by atoms with Crippen LogP contribution in [0.25, 0.3) is 16.9 Å². The van der Waals surface area contributed by atoms with Crippen LogP contribution in [0.15, 0.2) is 91.1 Å². The number of nitrogens with zero attached hydrogens (tertiary/aromatic N) is 3. The second-order valence-corrected chi connectivity index (χ2v) is 8.07. The third-order valence-corrected chi connectivity index (χ3v) is 5.76. The maximum absolute atomic E-state index is 13.1. The molecular formula is C27H24N4O3. The SMILES string of the molecule is CC(=O)N1CC(C(=O)NCc2cn(-c3ccccc3)nc2-c2ccccc2)Oc2ccccc21. The smallest absolute Gasteiger partial charge is 0.263 e. The van der Waals surface area contributed by atoms with Crippen molar-refractivity contribution in [2.24, 2.45) is 0 Å². The van der Waals surface area contributed by atoms with Gasteiger partial charge in [-0.3, -0.25) is 9.59 Å². The highest BCUT2D eigenvalue weighted by atomic mass is 16.5. The van der Waals surface area contributed by atoms with Crippen LogP contribution >= 0.6 is 0 Å². The van der Waals surface area contributed by atoms with Crippen molar-refractivity contribution in [2.75, 3.05) is 11.4 Å². The van der Waals surface area contributed by atoms with Gasteiger partial charge in [-0.05, 0) is 24.3 Å². The van der Waals surface area contributed by atoms with E-state index in [1.165, 1.54) is 6.92 Å². The Morgan fingerprint density at radius 2 is 1.65 bits per heavy atom. The summed E-state index contributed by atoms with van der Waals surface area (Å²) in [6, 6.07) is 26.9. The van der Waals surface area contributed by atoms with Gasteiger partial charge >= 0.3 is 0 Å². The first-order chi connectivity index (χ1) is 16.6. The third-order valence-electron chi connectivity index (χ3n) is 5.76. The predicted octanol–water partition coefficient (Wildman–Crippen LogP) is 3.97. The van der Waals surface area contributed by atoms with Crippen molar-refractivity contribution in [1.82, 2.24) is 15.1 Å². The Bertz CT molecular complexity index is 1320. The third kappa shape index (κ3) is 4.28. The Morgan fingerprint density at radius 3 is 2.38 bits per heavy atom. The lowest BCUT2D eigenvalue weighted by atomic mass is 10.1. The predicted molar refractivity (Wildman–Crippen MR) is 130 cm³/mol. The van der Waals surface area contributed by atoms with Crippen molar-refractivity contribution in [3.05, 3.63) is 96.7 Å². The minimum atomic E-state index is -0.803. The number of hydrogen-bond acceptors (Lipinski definition) is 4. The molecule has 0 saturated heterocycles. The van der Waals surface area contributed by atoms with Crippen LogP contribution in [-0.4, -0.2) is 34.2 Å². The second-order valence-electron chi connectivity index (χ2n) is 8.07. The fraction of sp³-hybridized carbons (Fsp3) is 0.148. The van der Waals surface area contributed by atoms with Crippen molar-refractivity contribution in [3.8, 4) is 22.7 Å². The van der Waals surface area contributed by atoms with Crippen LogP contribution in [0.1, 0.15) is 12.5 Å². The molecule has 3 aromatic carbocycles. The Labute approximate surface area is 197 Å². The van der Waals surface area contributed by atoms with Crippen molar-refractivity contribution < 1.29 is 14.3 Å². The summed E-state index contributed by atoms with van der Waals surface area (Å²) in [5.74, 6) is 0.0993. The summed E-state index contributed by atoms with van der Waals surface area (Å²) in [4.78, 5) is 26.8. The van der Waals surface area contributed by atoms with E-state index in [0.717, 1.165) is 22.5 Å². The highest BCUT2D eigenvalue weighted by Crippen LogP contribution is 2.33. The monoisotopic (exact) mass is 452 g/mol. The molecule has 0 bridgehead atoms. The lowest BCUT2D eigenvalue weighted by molar-refractivity contribution is -0.128. The maximum Gasteiger partial charge on any atom is 0.263 e. The number of aromatic nitrogens is 2. The topological polar surface area (TPSA) is 76.5 Å². The molecule has 7 heteroatoms. The van der Waals surface area contributed by atoms with Gasteiger partial charge in [0.2, 0.25) is 5.91 Å². The summed E-state index contributed by atoms with van der Waals surface area (Å²) >= 11 is 0. The molecule has 1 aliphatic rings. The Balaban J connectivity index is 1.38. The van der Waals surface area contributed by atoms with E-state index in [0.29, 0.717) is 11.4 Å². The molecule has 1 aliphatic heterocycles. The molecule has 0 spiro atoms. The minimum Gasteiger partial charge on any atom is -0.477 e. The number of benzene rings is 3. The molecule has 34 heavy (non-hydrogen) atoms. The Morgan fingerprint density at radius 1 is 0.971 bits per heavy atom. The molecule has 0 aliphatic carbocycles. The zero-order chi connectivity index (χ0) is 23.5. The van der Waals surface area contributed by atoms with Gasteiger partial charge < -0.3 is 15.0 Å². The van der Waals surface area contributed by atoms with Gasteiger partial charge in [0.15, 0.2) is 6.10 Å². The Hall–Kier alpha value is -4.39. The van der Waals surface area contributed by atoms with E-state index in [2.05, 4.69) is 5.32 Å². The first-order valence-corrected chi connectivity index (χ1v) is 11.1. The van der Waals surface area contributed by atoms with E-state index in [-0.39, 0.29) is 24.9 Å². The summed E-state index contributed by atoms with van der Waals surface area (Å²) in [5.41, 5.74) is 4.25. The maximum atomic E-state index is 13.1. The van der Waals surface area contributed by atoms with Crippen LogP contribution in [0, 0.1) is 0 Å². The van der Waals surface area contributed by atoms with Gasteiger partial charge in [0.05, 0.1) is 23.6 Å². The van der Waals surface area contributed by atoms with Gasteiger partial charge in [-0.25, -0.2) is 4.68 Å². The number of rotatable bonds is 5. The molecule has 0 saturated carbocycles. The largest absolute Gasteiger partial charge is 0.477 e. The van der Waals surface area contributed by atoms with Gasteiger partial charge in [-0.1, -0.05) is 60.7 Å². The molecule has 170 valence electrons. The van der Waals surface area contributed by atoms with Crippen molar-refractivity contribution >= 4 is 17.5 Å². The molecule has 1 unspecified atom stereocenters. The van der Waals surface area contributed by atoms with Crippen LogP contribution in [0.3, 0.4) is 0 Å². The number of amides is 2. The second kappa shape index (κ2) is 9.23. The van der Waals surface area contributed by atoms with E-state index in [1.807, 2.05) is 89.7 Å². The van der Waals surface area contributed by atoms with Gasteiger partial charge in [0.25, 0.3) is 5.91 Å². The lowest BCUT2D eigenvalue weighted by Crippen LogP contribution is -2.50. The summed E-state index contributed by atoms with van der Waals surface area (Å²) in [7, 11) is 0. The van der Waals surface area contributed by atoms with Crippen molar-refractivity contribution in [1.29, 1.82) is 0 Å². The quantitative estimate of drug-likeness (QED) is 0.497. The molecule has 4 aromatic rings. The number of hydrogen-bond donors (Lipinski definition) is 1. The van der Waals surface area contributed by atoms with Crippen LogP contribution in [-0.2, 0) is 16.1 Å². The van der Waals surface area contributed by atoms with Gasteiger partial charge in [0, 0.05) is 30.8 Å². The molecule has 2 heterocycles. The average Bonchev–Trinajstić information content (AvgIpc) is 3.32. The molecule has 0 radical (unpaired) electrons. The summed E-state index contributed by atoms with van der Waals surface area (Å²) < 4.78 is 7.74. The number of para-hydroxylation sites is 3. The summed E-state index contributed by atoms with van der Waals surface area (Å²) in [5, 5.41) is 7.77. The molecule has 1 aromatic heterocycles. The van der Waals surface area contributed by atoms with E-state index in [9.17, 15) is 9.59 Å². The summed E-state index contributed by atoms with van der Waals surface area (Å²) in [6.07, 6.45) is 1.12. The molecule has 1 atom stereocenters. The first kappa shape index (κ1) is 21.5. The van der Waals surface area contributed by atoms with E-state index >= 15 is 0 Å². The molecule has 2 amide bonds. The highest BCUT2D eigenvalue weighted by Gasteiger charge is 2.32. The molecular weight excluding hydrogens is 428 g/mol. The van der Waals surface area contributed by atoms with Crippen LogP contribution in [0.2, 0.25) is 0 Å². The van der Waals surface area contributed by atoms with Gasteiger partial charge in [-0.15, -0.1) is 0 Å². The molecule has 0 fully saturated rings. The Kier molecular flexibility index (Phi) is 5.82. The number of ether oxygens (including phenoxy) is 1. The molecule has 5 rings (SSSR count). The zero-order valence-electron chi connectivity index (χ0n) is 18.7. The lowest BCUT2D eigenvalue weighted by Gasteiger charge is -2.33. The number of anilines is 1. The standard InChI is InChI=1S/C27H24N4O3/c1-19(32)30-18-25(34-24-15-9-8-14-23(24)30)27(33)28-16-21-17-31(22-12-6-3-7-13-22)29-26(21)20-10-4-2-5-11-20/h2-15,17,25H,16,18H2,1H3,(H,28,33). The number of carbonyl (C=O) groups excluding carboxylic acids is 2. The van der Waals surface area contributed by atoms with E-state index < -0.39 is 6.10 Å². The first-order valence-electron chi connectivity index (χ1n) is 11.1. The number of fused-ring (bicyclic) bond motifs is 1. The summed E-state index contributed by atoms with van der Waals surface area (Å²) in [6.45, 7) is 1.92. The molecule has 7 nitrogen and oxygen atoms in total. The van der Waals surface area contributed by atoms with Crippen LogP contribution in [0.5, 0.6) is 5.75 Å². The van der Waals surface area contributed by atoms with Crippen molar-refractivity contribution in [3.63, 3.8) is 0 Å². The van der Waals surface area contributed by atoms with Crippen LogP contribution < -0.4 is 15.0 Å². The normalized spacial score (nSPS) is 14.7. The van der Waals surface area contributed by atoms with E-state index in [4.69, 9.17) is 9.84 Å². The minimum absolute atomic E-state index is 0.135. The van der Waals surface area contributed by atoms with E-state index in [1.54, 1.807) is 11.0 Å². The zero-order valence-corrected chi connectivity index (χ0v) is 18.7. The van der Waals surface area contributed by atoms with Gasteiger partial charge in [0.1, 0.15) is 5.75 Å². The van der Waals surface area contributed by atoms with Crippen LogP contribution in [0.4, 0.5) is 5.69 Å². The highest BCUT2D eigenvalue weighted by molar-refractivity contribution is 5.95. The molecule has 1 N–H and O–H groups in total. The average molecular weight is 453 g/mol. The fourth-order valence-electron chi connectivity index (χ4n) is 4.06. The number of carbonyl (C=O) groups is 2. The van der Waals surface area contributed by atoms with Gasteiger partial charge in [-0.2, -0.15) is 5.10 Å².